The lowest BCUT2D eigenvalue weighted by Crippen LogP contribution is -2.41. The smallest absolute Gasteiger partial charge is 0.269 e. The molecule has 0 aromatic heterocycles. The fourth-order valence-corrected chi connectivity index (χ4v) is 3.02. The maximum absolute atomic E-state index is 14.1. The average molecular weight is 484 g/mol. The molecule has 8 heteroatoms. The minimum Gasteiger partial charge on any atom is -0.356 e. The molecule has 6 nitrogen and oxygen atoms in total. The van der Waals surface area contributed by atoms with Crippen LogP contribution in [0.5, 0.6) is 0 Å². The molecule has 0 bridgehead atoms. The van der Waals surface area contributed by atoms with Crippen molar-refractivity contribution in [3.63, 3.8) is 0 Å². The van der Waals surface area contributed by atoms with Gasteiger partial charge in [-0.2, -0.15) is 0 Å². The molecule has 0 unspecified atom stereocenters. The zero-order chi connectivity index (χ0) is 18.6. The quantitative estimate of drug-likeness (QED) is 0.215. The van der Waals surface area contributed by atoms with Crippen LogP contribution in [0.2, 0.25) is 0 Å². The highest BCUT2D eigenvalue weighted by Crippen LogP contribution is 2.48. The van der Waals surface area contributed by atoms with Crippen LogP contribution in [0.1, 0.15) is 24.0 Å². The molecule has 1 aliphatic carbocycles. The van der Waals surface area contributed by atoms with Crippen LogP contribution in [0.4, 0.5) is 10.1 Å². The van der Waals surface area contributed by atoms with Crippen LogP contribution in [0, 0.1) is 15.9 Å². The fourth-order valence-electron chi connectivity index (χ4n) is 3.02. The Labute approximate surface area is 174 Å². The summed E-state index contributed by atoms with van der Waals surface area (Å²) < 4.78 is 14.1. The van der Waals surface area contributed by atoms with Crippen LogP contribution in [0.3, 0.4) is 0 Å². The van der Waals surface area contributed by atoms with Crippen molar-refractivity contribution in [3.05, 3.63) is 75.6 Å². The summed E-state index contributed by atoms with van der Waals surface area (Å²) in [5.41, 5.74) is 1.40. The van der Waals surface area contributed by atoms with Gasteiger partial charge in [0.25, 0.3) is 5.69 Å². The average Bonchev–Trinajstić information content (AvgIpc) is 3.43. The first-order chi connectivity index (χ1) is 12.5. The molecule has 0 heterocycles. The van der Waals surface area contributed by atoms with Gasteiger partial charge >= 0.3 is 0 Å². The highest BCUT2D eigenvalue weighted by molar-refractivity contribution is 14.0. The zero-order valence-electron chi connectivity index (χ0n) is 14.9. The van der Waals surface area contributed by atoms with Crippen LogP contribution < -0.4 is 10.6 Å². The highest BCUT2D eigenvalue weighted by Gasteiger charge is 2.45. The van der Waals surface area contributed by atoms with E-state index >= 15 is 0 Å². The molecular formula is C19H22FIN4O2. The van der Waals surface area contributed by atoms with Gasteiger partial charge in [0.2, 0.25) is 0 Å². The van der Waals surface area contributed by atoms with Gasteiger partial charge in [0.1, 0.15) is 5.82 Å². The van der Waals surface area contributed by atoms with E-state index in [0.717, 1.165) is 24.0 Å². The van der Waals surface area contributed by atoms with Gasteiger partial charge in [-0.05, 0) is 30.0 Å². The number of non-ortho nitro benzene ring substituents is 1. The summed E-state index contributed by atoms with van der Waals surface area (Å²) >= 11 is 0. The predicted molar refractivity (Wildman–Crippen MR) is 114 cm³/mol. The van der Waals surface area contributed by atoms with E-state index in [-0.39, 0.29) is 40.9 Å². The maximum atomic E-state index is 14.1. The number of hydrogen-bond acceptors (Lipinski definition) is 3. The molecule has 3 rings (SSSR count). The molecule has 1 aliphatic rings. The van der Waals surface area contributed by atoms with Crippen LogP contribution in [0.15, 0.2) is 53.5 Å². The number of hydrogen-bond donors (Lipinski definition) is 2. The van der Waals surface area contributed by atoms with Crippen molar-refractivity contribution < 1.29 is 9.31 Å². The van der Waals surface area contributed by atoms with Gasteiger partial charge in [-0.25, -0.2) is 4.39 Å². The van der Waals surface area contributed by atoms with Crippen LogP contribution in [-0.2, 0) is 12.0 Å². The van der Waals surface area contributed by atoms with Crippen molar-refractivity contribution in [3.8, 4) is 0 Å². The van der Waals surface area contributed by atoms with E-state index in [1.54, 1.807) is 19.2 Å². The van der Waals surface area contributed by atoms with Gasteiger partial charge in [0, 0.05) is 37.7 Å². The molecule has 0 spiro atoms. The monoisotopic (exact) mass is 484 g/mol. The second-order valence-corrected chi connectivity index (χ2v) is 6.47. The number of benzene rings is 2. The molecule has 1 saturated carbocycles. The van der Waals surface area contributed by atoms with Gasteiger partial charge < -0.3 is 10.6 Å². The fraction of sp³-hybridized carbons (Fsp3) is 0.316. The van der Waals surface area contributed by atoms with E-state index in [1.165, 1.54) is 18.2 Å². The summed E-state index contributed by atoms with van der Waals surface area (Å²) in [6, 6.07) is 13.3. The lowest BCUT2D eigenvalue weighted by molar-refractivity contribution is -0.384. The first-order valence-electron chi connectivity index (χ1n) is 8.47. The van der Waals surface area contributed by atoms with Crippen molar-refractivity contribution >= 4 is 35.6 Å². The molecule has 0 atom stereocenters. The SMILES string of the molecule is CN=C(NCc1cccc([N+](=O)[O-])c1)NCC1(c2ccccc2F)CC1.I. The lowest BCUT2D eigenvalue weighted by Gasteiger charge is -2.19. The maximum Gasteiger partial charge on any atom is 0.269 e. The summed E-state index contributed by atoms with van der Waals surface area (Å²) in [5, 5.41) is 17.2. The van der Waals surface area contributed by atoms with Crippen molar-refractivity contribution in [2.75, 3.05) is 13.6 Å². The number of nitrogens with zero attached hydrogens (tertiary/aromatic N) is 2. The van der Waals surface area contributed by atoms with E-state index in [0.29, 0.717) is 19.0 Å². The molecule has 0 radical (unpaired) electrons. The number of nitro groups is 1. The minimum atomic E-state index is -0.415. The Kier molecular flexibility index (Phi) is 7.11. The topological polar surface area (TPSA) is 79.6 Å². The van der Waals surface area contributed by atoms with Gasteiger partial charge in [-0.3, -0.25) is 15.1 Å². The summed E-state index contributed by atoms with van der Waals surface area (Å²) in [5.74, 6) is 0.408. The second-order valence-electron chi connectivity index (χ2n) is 6.47. The van der Waals surface area contributed by atoms with Gasteiger partial charge in [0.05, 0.1) is 4.92 Å². The van der Waals surface area contributed by atoms with Crippen LogP contribution >= 0.6 is 24.0 Å². The predicted octanol–water partition coefficient (Wildman–Crippen LogP) is 3.75. The molecule has 1 fully saturated rings. The van der Waals surface area contributed by atoms with Gasteiger partial charge in [-0.15, -0.1) is 24.0 Å². The number of aliphatic imine (C=N–C) groups is 1. The Hall–Kier alpha value is -2.23. The number of nitro benzene ring substituents is 1. The molecule has 0 aliphatic heterocycles. The third-order valence-electron chi connectivity index (χ3n) is 4.70. The molecule has 0 saturated heterocycles. The molecule has 0 amide bonds. The Morgan fingerprint density at radius 1 is 1.22 bits per heavy atom. The number of nitrogens with one attached hydrogen (secondary N) is 2. The van der Waals surface area contributed by atoms with Crippen LogP contribution in [0.25, 0.3) is 0 Å². The summed E-state index contributed by atoms with van der Waals surface area (Å²) in [7, 11) is 1.66. The largest absolute Gasteiger partial charge is 0.356 e. The first kappa shape index (κ1) is 21.1. The molecule has 2 aromatic carbocycles. The lowest BCUT2D eigenvalue weighted by atomic mass is 9.95. The summed E-state index contributed by atoms with van der Waals surface area (Å²) in [6.07, 6.45) is 1.87. The minimum absolute atomic E-state index is 0. The Balaban J connectivity index is 0.00000261. The van der Waals surface area contributed by atoms with Crippen molar-refractivity contribution in [1.82, 2.24) is 10.6 Å². The van der Waals surface area contributed by atoms with E-state index in [4.69, 9.17) is 0 Å². The normalized spacial score (nSPS) is 14.8. The van der Waals surface area contributed by atoms with E-state index in [9.17, 15) is 14.5 Å². The Morgan fingerprint density at radius 2 is 1.96 bits per heavy atom. The molecular weight excluding hydrogens is 462 g/mol. The molecule has 144 valence electrons. The number of halogens is 2. The van der Waals surface area contributed by atoms with E-state index < -0.39 is 4.92 Å². The third kappa shape index (κ3) is 5.15. The second kappa shape index (κ2) is 9.12. The van der Waals surface area contributed by atoms with Crippen molar-refractivity contribution in [2.45, 2.75) is 24.8 Å². The van der Waals surface area contributed by atoms with Crippen molar-refractivity contribution in [1.29, 1.82) is 0 Å². The van der Waals surface area contributed by atoms with E-state index in [2.05, 4.69) is 15.6 Å². The molecule has 27 heavy (non-hydrogen) atoms. The van der Waals surface area contributed by atoms with Crippen LogP contribution in [-0.4, -0.2) is 24.5 Å². The first-order valence-corrected chi connectivity index (χ1v) is 8.47. The van der Waals surface area contributed by atoms with E-state index in [1.807, 2.05) is 18.2 Å². The van der Waals surface area contributed by atoms with Crippen molar-refractivity contribution in [2.24, 2.45) is 4.99 Å². The zero-order valence-corrected chi connectivity index (χ0v) is 17.3. The Morgan fingerprint density at radius 3 is 2.59 bits per heavy atom. The number of guanidine groups is 1. The van der Waals surface area contributed by atoms with Gasteiger partial charge in [0.15, 0.2) is 5.96 Å². The Bertz CT molecular complexity index is 840. The summed E-state index contributed by atoms with van der Waals surface area (Å²) in [6.45, 7) is 0.997. The summed E-state index contributed by atoms with van der Waals surface area (Å²) in [4.78, 5) is 14.6. The standard InChI is InChI=1S/C19H21FN4O2.HI/c1-21-18(22-12-14-5-4-6-15(11-14)24(25)26)23-13-19(9-10-19)16-7-2-3-8-17(16)20;/h2-8,11H,9-10,12-13H2,1H3,(H2,21,22,23);1H. The molecule has 2 aromatic rings. The van der Waals surface area contributed by atoms with Gasteiger partial charge in [-0.1, -0.05) is 30.3 Å². The number of rotatable bonds is 6. The highest BCUT2D eigenvalue weighted by atomic mass is 127. The molecule has 2 N–H and O–H groups in total. The third-order valence-corrected chi connectivity index (χ3v) is 4.70.